The fourth-order valence-electron chi connectivity index (χ4n) is 5.32. The summed E-state index contributed by atoms with van der Waals surface area (Å²) in [4.78, 5) is 0. The van der Waals surface area contributed by atoms with Crippen LogP contribution in [0.1, 0.15) is 86.1 Å². The molecule has 0 nitrogen and oxygen atoms in total. The second-order valence-corrected chi connectivity index (χ2v) is 7.30. The molecule has 0 aliphatic heterocycles. The molecule has 0 bridgehead atoms. The van der Waals surface area contributed by atoms with Crippen LogP contribution < -0.4 is 0 Å². The van der Waals surface area contributed by atoms with E-state index in [2.05, 4.69) is 53.7 Å². The highest BCUT2D eigenvalue weighted by Gasteiger charge is 2.29. The van der Waals surface area contributed by atoms with Crippen LogP contribution in [0.25, 0.3) is 11.1 Å². The second kappa shape index (κ2) is 7.36. The third kappa shape index (κ3) is 2.65. The maximum atomic E-state index is 2.42. The first-order valence-corrected chi connectivity index (χ1v) is 10.5. The highest BCUT2D eigenvalue weighted by molar-refractivity contribution is 5.85. The zero-order valence-electron chi connectivity index (χ0n) is 17.1. The maximum Gasteiger partial charge on any atom is -0.00104 e. The molecule has 25 heavy (non-hydrogen) atoms. The molecule has 0 heterocycles. The number of benzene rings is 2. The van der Waals surface area contributed by atoms with Crippen LogP contribution in [0.3, 0.4) is 0 Å². The van der Waals surface area contributed by atoms with Crippen molar-refractivity contribution in [3.8, 4) is 11.1 Å². The lowest BCUT2D eigenvalue weighted by Gasteiger charge is -2.23. The van der Waals surface area contributed by atoms with Crippen molar-refractivity contribution in [2.24, 2.45) is 0 Å². The molecule has 0 N–H and O–H groups in total. The summed E-state index contributed by atoms with van der Waals surface area (Å²) in [5.74, 6) is 0. The van der Waals surface area contributed by atoms with Crippen molar-refractivity contribution < 1.29 is 0 Å². The van der Waals surface area contributed by atoms with Crippen molar-refractivity contribution in [2.75, 3.05) is 0 Å². The van der Waals surface area contributed by atoms with E-state index < -0.39 is 0 Å². The highest BCUT2D eigenvalue weighted by Crippen LogP contribution is 2.47. The van der Waals surface area contributed by atoms with Crippen molar-refractivity contribution in [1.29, 1.82) is 0 Å². The van der Waals surface area contributed by atoms with E-state index in [9.17, 15) is 0 Å². The van der Waals surface area contributed by atoms with Gasteiger partial charge in [0.1, 0.15) is 0 Å². The first-order chi connectivity index (χ1) is 12.2. The van der Waals surface area contributed by atoms with E-state index >= 15 is 0 Å². The van der Waals surface area contributed by atoms with E-state index in [4.69, 9.17) is 0 Å². The van der Waals surface area contributed by atoms with Gasteiger partial charge in [-0.2, -0.15) is 0 Å². The summed E-state index contributed by atoms with van der Waals surface area (Å²) in [6.07, 6.45) is 8.09. The molecule has 0 unspecified atom stereocenters. The zero-order chi connectivity index (χ0) is 18.1. The van der Waals surface area contributed by atoms with Crippen molar-refractivity contribution in [3.63, 3.8) is 0 Å². The topological polar surface area (TPSA) is 0 Å². The Bertz CT molecular complexity index is 793. The molecular weight excluding hydrogens is 300 g/mol. The van der Waals surface area contributed by atoms with Crippen molar-refractivity contribution in [2.45, 2.75) is 86.5 Å². The van der Waals surface area contributed by atoms with Crippen molar-refractivity contribution in [3.05, 3.63) is 56.6 Å². The normalized spacial score (nSPS) is 12.4. The van der Waals surface area contributed by atoms with Gasteiger partial charge in [-0.05, 0) is 101 Å². The van der Waals surface area contributed by atoms with Gasteiger partial charge in [0.25, 0.3) is 0 Å². The van der Waals surface area contributed by atoms with Gasteiger partial charge in [-0.25, -0.2) is 0 Å². The van der Waals surface area contributed by atoms with E-state index in [0.29, 0.717) is 0 Å². The minimum atomic E-state index is 1.14. The first-order valence-electron chi connectivity index (χ1n) is 10.5. The lowest BCUT2D eigenvalue weighted by Crippen LogP contribution is -2.08. The average molecular weight is 335 g/mol. The van der Waals surface area contributed by atoms with Crippen LogP contribution in [0.4, 0.5) is 0 Å². The predicted molar refractivity (Wildman–Crippen MR) is 111 cm³/mol. The highest BCUT2D eigenvalue weighted by atomic mass is 14.3. The third-order valence-electron chi connectivity index (χ3n) is 6.32. The number of hydrogen-bond acceptors (Lipinski definition) is 0. The molecule has 1 aliphatic rings. The van der Waals surface area contributed by atoms with Crippen LogP contribution in [0, 0.1) is 0 Å². The number of rotatable bonds is 6. The zero-order valence-corrected chi connectivity index (χ0v) is 17.1. The molecule has 3 rings (SSSR count). The van der Waals surface area contributed by atoms with E-state index in [1.54, 1.807) is 55.6 Å². The Hall–Kier alpha value is -1.56. The summed E-state index contributed by atoms with van der Waals surface area (Å²) in [7, 11) is 0. The summed E-state index contributed by atoms with van der Waals surface area (Å²) in [5.41, 5.74) is 16.2. The predicted octanol–water partition coefficient (Wildman–Crippen LogP) is 6.63. The van der Waals surface area contributed by atoms with Crippen LogP contribution in [-0.4, -0.2) is 0 Å². The molecule has 1 aliphatic carbocycles. The minimum absolute atomic E-state index is 1.14. The molecule has 134 valence electrons. The Morgan fingerprint density at radius 1 is 0.560 bits per heavy atom. The molecule has 0 radical (unpaired) electrons. The fraction of sp³-hybridized carbons (Fsp3) is 0.520. The Kier molecular flexibility index (Phi) is 5.37. The van der Waals surface area contributed by atoms with Gasteiger partial charge in [0, 0.05) is 0 Å². The first kappa shape index (κ1) is 18.2. The lowest BCUT2D eigenvalue weighted by atomic mass is 9.81. The third-order valence-corrected chi connectivity index (χ3v) is 6.32. The number of hydrogen-bond donors (Lipinski definition) is 0. The second-order valence-electron chi connectivity index (χ2n) is 7.30. The SMILES string of the molecule is CCc1ccc2c(c1CC)-c1c(CC)c(CC)c(CC)c(CC)c1C2. The van der Waals surface area contributed by atoms with E-state index in [0.717, 1.165) is 32.1 Å². The number of aryl methyl sites for hydroxylation is 1. The Morgan fingerprint density at radius 2 is 1.12 bits per heavy atom. The summed E-state index contributed by atoms with van der Waals surface area (Å²) < 4.78 is 0. The molecule has 2 aromatic carbocycles. The van der Waals surface area contributed by atoms with Crippen LogP contribution in [-0.2, 0) is 44.9 Å². The molecule has 0 fully saturated rings. The Balaban J connectivity index is 2.44. The maximum absolute atomic E-state index is 2.42. The van der Waals surface area contributed by atoms with Gasteiger partial charge in [0.2, 0.25) is 0 Å². The van der Waals surface area contributed by atoms with Crippen molar-refractivity contribution in [1.82, 2.24) is 0 Å². The smallest absolute Gasteiger partial charge is 0.00104 e. The quantitative estimate of drug-likeness (QED) is 0.474. The van der Waals surface area contributed by atoms with Crippen LogP contribution in [0.2, 0.25) is 0 Å². The standard InChI is InChI=1S/C25H34/c1-7-16-13-14-17-15-23-21(11-5)19(9-3)20(10-4)22(12-6)25(23)24(17)18(16)8-2/h13-14H,7-12,15H2,1-6H3. The molecule has 2 aromatic rings. The Labute approximate surface area is 154 Å². The molecule has 0 aromatic heterocycles. The minimum Gasteiger partial charge on any atom is -0.0613 e. The largest absolute Gasteiger partial charge is 0.0613 e. The molecule has 0 saturated heterocycles. The van der Waals surface area contributed by atoms with Crippen LogP contribution >= 0.6 is 0 Å². The van der Waals surface area contributed by atoms with Gasteiger partial charge in [-0.15, -0.1) is 0 Å². The molecule has 0 amide bonds. The summed E-state index contributed by atoms with van der Waals surface area (Å²) >= 11 is 0. The average Bonchev–Trinajstić information content (AvgIpc) is 3.03. The van der Waals surface area contributed by atoms with Gasteiger partial charge in [-0.3, -0.25) is 0 Å². The van der Waals surface area contributed by atoms with Gasteiger partial charge < -0.3 is 0 Å². The van der Waals surface area contributed by atoms with Crippen LogP contribution in [0.5, 0.6) is 0 Å². The summed E-state index contributed by atoms with van der Waals surface area (Å²) in [6, 6.07) is 4.81. The van der Waals surface area contributed by atoms with Gasteiger partial charge in [-0.1, -0.05) is 53.7 Å². The lowest BCUT2D eigenvalue weighted by molar-refractivity contribution is 0.932. The molecule has 0 heteroatoms. The van der Waals surface area contributed by atoms with Crippen molar-refractivity contribution >= 4 is 0 Å². The van der Waals surface area contributed by atoms with Crippen LogP contribution in [0.15, 0.2) is 12.1 Å². The van der Waals surface area contributed by atoms with E-state index in [1.807, 2.05) is 0 Å². The summed E-state index contributed by atoms with van der Waals surface area (Å²) in [6.45, 7) is 14.0. The molecular formula is C25H34. The fourth-order valence-corrected chi connectivity index (χ4v) is 5.32. The Morgan fingerprint density at radius 3 is 1.64 bits per heavy atom. The van der Waals surface area contributed by atoms with Gasteiger partial charge in [0.05, 0.1) is 0 Å². The van der Waals surface area contributed by atoms with E-state index in [1.165, 1.54) is 12.8 Å². The molecule has 0 saturated carbocycles. The monoisotopic (exact) mass is 334 g/mol. The van der Waals surface area contributed by atoms with Gasteiger partial charge in [0.15, 0.2) is 0 Å². The van der Waals surface area contributed by atoms with E-state index in [-0.39, 0.29) is 0 Å². The van der Waals surface area contributed by atoms with Gasteiger partial charge >= 0.3 is 0 Å². The molecule has 0 atom stereocenters. The number of fused-ring (bicyclic) bond motifs is 3. The molecule has 0 spiro atoms. The summed E-state index contributed by atoms with van der Waals surface area (Å²) in [5, 5.41) is 0.